The number of amides is 1. The first-order chi connectivity index (χ1) is 10.5. The van der Waals surface area contributed by atoms with Gasteiger partial charge < -0.3 is 10.1 Å². The number of ether oxygens (including phenoxy) is 1. The Kier molecular flexibility index (Phi) is 4.73. The highest BCUT2D eigenvalue weighted by Gasteiger charge is 2.18. The molecule has 0 aromatic heterocycles. The molecule has 1 amide bonds. The van der Waals surface area contributed by atoms with Crippen LogP contribution in [0.2, 0.25) is 0 Å². The summed E-state index contributed by atoms with van der Waals surface area (Å²) in [6, 6.07) is 12.8. The molecule has 114 valence electrons. The van der Waals surface area contributed by atoms with Crippen LogP contribution >= 0.6 is 0 Å². The zero-order valence-electron chi connectivity index (χ0n) is 12.3. The van der Waals surface area contributed by atoms with Crippen molar-refractivity contribution >= 4 is 11.6 Å². The third kappa shape index (κ3) is 3.82. The van der Waals surface area contributed by atoms with Crippen molar-refractivity contribution < 1.29 is 14.5 Å². The quantitative estimate of drug-likeness (QED) is 0.676. The summed E-state index contributed by atoms with van der Waals surface area (Å²) in [6.07, 6.45) is 0. The number of nitro groups is 1. The molecule has 0 radical (unpaired) electrons. The predicted molar refractivity (Wildman–Crippen MR) is 82.2 cm³/mol. The smallest absolute Gasteiger partial charge is 0.270 e. The topological polar surface area (TPSA) is 81.5 Å². The average Bonchev–Trinajstić information content (AvgIpc) is 2.47. The zero-order valence-corrected chi connectivity index (χ0v) is 12.3. The fourth-order valence-electron chi connectivity index (χ4n) is 1.85. The van der Waals surface area contributed by atoms with Crippen molar-refractivity contribution in [3.63, 3.8) is 0 Å². The third-order valence-corrected chi connectivity index (χ3v) is 2.81. The number of nitrogens with one attached hydrogen (secondary N) is 1. The molecule has 6 nitrogen and oxygen atoms in total. The Morgan fingerprint density at radius 2 is 1.86 bits per heavy atom. The van der Waals surface area contributed by atoms with Crippen molar-refractivity contribution in [2.45, 2.75) is 19.9 Å². The molecule has 0 fully saturated rings. The molecule has 22 heavy (non-hydrogen) atoms. The zero-order chi connectivity index (χ0) is 16.1. The molecule has 2 aromatic carbocycles. The third-order valence-electron chi connectivity index (χ3n) is 2.81. The molecule has 0 aliphatic carbocycles. The first kappa shape index (κ1) is 15.5. The fourth-order valence-corrected chi connectivity index (χ4v) is 1.85. The summed E-state index contributed by atoms with van der Waals surface area (Å²) >= 11 is 0. The van der Waals surface area contributed by atoms with Gasteiger partial charge in [0.1, 0.15) is 11.5 Å². The molecule has 0 bridgehead atoms. The minimum absolute atomic E-state index is 0.0867. The van der Waals surface area contributed by atoms with Crippen LogP contribution in [0, 0.1) is 10.1 Å². The largest absolute Gasteiger partial charge is 0.457 e. The number of hydrogen-bond donors (Lipinski definition) is 1. The van der Waals surface area contributed by atoms with Crippen molar-refractivity contribution in [2.75, 3.05) is 0 Å². The Morgan fingerprint density at radius 1 is 1.18 bits per heavy atom. The second-order valence-corrected chi connectivity index (χ2v) is 4.98. The second-order valence-electron chi connectivity index (χ2n) is 4.98. The van der Waals surface area contributed by atoms with Crippen LogP contribution in [0.1, 0.15) is 24.2 Å². The summed E-state index contributed by atoms with van der Waals surface area (Å²) in [5.74, 6) is 0.412. The monoisotopic (exact) mass is 300 g/mol. The molecule has 0 spiro atoms. The van der Waals surface area contributed by atoms with Crippen LogP contribution in [0.25, 0.3) is 0 Å². The molecule has 1 N–H and O–H groups in total. The molecule has 0 saturated heterocycles. The summed E-state index contributed by atoms with van der Waals surface area (Å²) in [6.45, 7) is 3.62. The first-order valence-corrected chi connectivity index (χ1v) is 6.79. The molecular formula is C16H16N2O4. The molecule has 0 heterocycles. The van der Waals surface area contributed by atoms with Gasteiger partial charge in [0, 0.05) is 18.2 Å². The van der Waals surface area contributed by atoms with Crippen molar-refractivity contribution in [1.82, 2.24) is 5.32 Å². The van der Waals surface area contributed by atoms with Crippen LogP contribution in [0.5, 0.6) is 11.5 Å². The van der Waals surface area contributed by atoms with Gasteiger partial charge in [-0.1, -0.05) is 18.2 Å². The van der Waals surface area contributed by atoms with E-state index in [1.165, 1.54) is 18.2 Å². The van der Waals surface area contributed by atoms with E-state index in [1.807, 2.05) is 19.9 Å². The van der Waals surface area contributed by atoms with Crippen LogP contribution in [0.4, 0.5) is 5.69 Å². The Bertz CT molecular complexity index is 684. The van der Waals surface area contributed by atoms with Gasteiger partial charge in [-0.2, -0.15) is 0 Å². The number of carbonyl (C=O) groups excluding carboxylic acids is 1. The van der Waals surface area contributed by atoms with Gasteiger partial charge in [0.15, 0.2) is 0 Å². The van der Waals surface area contributed by atoms with Crippen molar-refractivity contribution in [3.8, 4) is 11.5 Å². The average molecular weight is 300 g/mol. The number of rotatable bonds is 5. The normalized spacial score (nSPS) is 10.3. The molecule has 0 unspecified atom stereocenters. The Labute approximate surface area is 127 Å². The summed E-state index contributed by atoms with van der Waals surface area (Å²) in [7, 11) is 0. The minimum atomic E-state index is -0.543. The summed E-state index contributed by atoms with van der Waals surface area (Å²) < 4.78 is 5.66. The van der Waals surface area contributed by atoms with E-state index in [-0.39, 0.29) is 23.0 Å². The molecule has 0 aliphatic rings. The van der Waals surface area contributed by atoms with E-state index >= 15 is 0 Å². The van der Waals surface area contributed by atoms with E-state index < -0.39 is 10.8 Å². The maximum absolute atomic E-state index is 12.2. The summed E-state index contributed by atoms with van der Waals surface area (Å²) in [5.41, 5.74) is -0.0268. The highest BCUT2D eigenvalue weighted by Crippen LogP contribution is 2.28. The van der Waals surface area contributed by atoms with Crippen LogP contribution in [-0.4, -0.2) is 16.9 Å². The maximum atomic E-state index is 12.2. The van der Waals surface area contributed by atoms with Gasteiger partial charge in [-0.3, -0.25) is 14.9 Å². The van der Waals surface area contributed by atoms with Crippen LogP contribution in [0.15, 0.2) is 48.5 Å². The van der Waals surface area contributed by atoms with Crippen molar-refractivity contribution in [1.29, 1.82) is 0 Å². The Morgan fingerprint density at radius 3 is 2.45 bits per heavy atom. The highest BCUT2D eigenvalue weighted by molar-refractivity contribution is 5.97. The standard InChI is InChI=1S/C16H16N2O4/c1-11(2)17-16(19)14-10-12(18(20)21)8-9-15(14)22-13-6-4-3-5-7-13/h3-11H,1-2H3,(H,17,19). The van der Waals surface area contributed by atoms with Gasteiger partial charge in [0.2, 0.25) is 0 Å². The van der Waals surface area contributed by atoms with E-state index in [4.69, 9.17) is 4.74 Å². The van der Waals surface area contributed by atoms with E-state index in [0.29, 0.717) is 5.75 Å². The lowest BCUT2D eigenvalue weighted by Gasteiger charge is -2.13. The number of carbonyl (C=O) groups is 1. The number of benzene rings is 2. The second kappa shape index (κ2) is 6.71. The van der Waals surface area contributed by atoms with Crippen molar-refractivity contribution in [2.24, 2.45) is 0 Å². The van der Waals surface area contributed by atoms with Crippen LogP contribution in [0.3, 0.4) is 0 Å². The lowest BCUT2D eigenvalue weighted by molar-refractivity contribution is -0.384. The molecule has 0 atom stereocenters. The van der Waals surface area contributed by atoms with E-state index in [1.54, 1.807) is 24.3 Å². The van der Waals surface area contributed by atoms with Gasteiger partial charge in [-0.05, 0) is 32.0 Å². The molecule has 0 aliphatic heterocycles. The minimum Gasteiger partial charge on any atom is -0.457 e. The number of nitrogens with zero attached hydrogens (tertiary/aromatic N) is 1. The molecular weight excluding hydrogens is 284 g/mol. The summed E-state index contributed by atoms with van der Waals surface area (Å²) in [4.78, 5) is 22.6. The van der Waals surface area contributed by atoms with Gasteiger partial charge >= 0.3 is 0 Å². The molecule has 2 rings (SSSR count). The predicted octanol–water partition coefficient (Wildman–Crippen LogP) is 3.53. The maximum Gasteiger partial charge on any atom is 0.270 e. The summed E-state index contributed by atoms with van der Waals surface area (Å²) in [5, 5.41) is 13.6. The fraction of sp³-hybridized carbons (Fsp3) is 0.188. The van der Waals surface area contributed by atoms with E-state index in [9.17, 15) is 14.9 Å². The van der Waals surface area contributed by atoms with Crippen molar-refractivity contribution in [3.05, 3.63) is 64.2 Å². The molecule has 0 saturated carbocycles. The lowest BCUT2D eigenvalue weighted by atomic mass is 10.1. The van der Waals surface area contributed by atoms with Gasteiger partial charge in [0.25, 0.3) is 11.6 Å². The van der Waals surface area contributed by atoms with Gasteiger partial charge in [-0.15, -0.1) is 0 Å². The van der Waals surface area contributed by atoms with E-state index in [2.05, 4.69) is 5.32 Å². The number of para-hydroxylation sites is 1. The van der Waals surface area contributed by atoms with Gasteiger partial charge in [-0.25, -0.2) is 0 Å². The first-order valence-electron chi connectivity index (χ1n) is 6.79. The SMILES string of the molecule is CC(C)NC(=O)c1cc([N+](=O)[O-])ccc1Oc1ccccc1. The number of hydrogen-bond acceptors (Lipinski definition) is 4. The van der Waals surface area contributed by atoms with Crippen LogP contribution in [-0.2, 0) is 0 Å². The number of non-ortho nitro benzene ring substituents is 1. The lowest BCUT2D eigenvalue weighted by Crippen LogP contribution is -2.30. The number of nitro benzene ring substituents is 1. The molecule has 2 aromatic rings. The molecule has 6 heteroatoms. The van der Waals surface area contributed by atoms with Crippen LogP contribution < -0.4 is 10.1 Å². The Balaban J connectivity index is 2.39. The van der Waals surface area contributed by atoms with E-state index in [0.717, 1.165) is 0 Å². The highest BCUT2D eigenvalue weighted by atomic mass is 16.6. The Hall–Kier alpha value is -2.89. The van der Waals surface area contributed by atoms with Gasteiger partial charge in [0.05, 0.1) is 10.5 Å².